The zero-order valence-electron chi connectivity index (χ0n) is 15.2. The topological polar surface area (TPSA) is 92.1 Å². The Morgan fingerprint density at radius 2 is 2.17 bits per heavy atom. The van der Waals surface area contributed by atoms with Gasteiger partial charge in [-0.25, -0.2) is 4.98 Å². The molecule has 2 aromatic rings. The van der Waals surface area contributed by atoms with Gasteiger partial charge >= 0.3 is 12.1 Å². The third kappa shape index (κ3) is 6.47. The van der Waals surface area contributed by atoms with Crippen LogP contribution in [0.4, 0.5) is 13.2 Å². The van der Waals surface area contributed by atoms with Crippen molar-refractivity contribution in [3.05, 3.63) is 34.7 Å². The first kappa shape index (κ1) is 22.7. The van der Waals surface area contributed by atoms with Gasteiger partial charge in [-0.1, -0.05) is 17.8 Å². The maximum absolute atomic E-state index is 13.4. The molecule has 0 aliphatic carbocycles. The number of methoxy groups -OCH3 is 1. The van der Waals surface area contributed by atoms with Gasteiger partial charge in [0.15, 0.2) is 0 Å². The van der Waals surface area contributed by atoms with Gasteiger partial charge in [0.2, 0.25) is 5.91 Å². The van der Waals surface area contributed by atoms with Gasteiger partial charge in [-0.05, 0) is 23.9 Å². The number of nitriles is 1. The molecule has 1 amide bonds. The van der Waals surface area contributed by atoms with E-state index in [1.54, 1.807) is 23.6 Å². The first-order valence-corrected chi connectivity index (χ1v) is 10.1. The number of halogens is 3. The van der Waals surface area contributed by atoms with Crippen molar-refractivity contribution in [2.24, 2.45) is 0 Å². The normalized spacial score (nSPS) is 11.0. The highest BCUT2D eigenvalue weighted by molar-refractivity contribution is 8.00. The van der Waals surface area contributed by atoms with E-state index in [9.17, 15) is 28.0 Å². The standard InChI is InChI=1S/C18H16F3N3O3S2/c1-27-16(26)5-2-6-23-15(25)10-29-17-11(9-22)12(18(19,20)21)8-13(24-17)14-4-3-7-28-14/h3-4,7-8H,2,5-6,10H2,1H3,(H,23,25). The molecule has 0 aliphatic rings. The van der Waals surface area contributed by atoms with Crippen molar-refractivity contribution in [2.75, 3.05) is 19.4 Å². The molecule has 2 rings (SSSR count). The van der Waals surface area contributed by atoms with Gasteiger partial charge in [-0.3, -0.25) is 9.59 Å². The number of hydrogen-bond donors (Lipinski definition) is 1. The quantitative estimate of drug-likeness (QED) is 0.378. The van der Waals surface area contributed by atoms with Crippen molar-refractivity contribution >= 4 is 35.0 Å². The van der Waals surface area contributed by atoms with E-state index in [1.807, 2.05) is 0 Å². The van der Waals surface area contributed by atoms with E-state index in [0.717, 1.165) is 17.8 Å². The number of carbonyl (C=O) groups excluding carboxylic acids is 2. The Morgan fingerprint density at radius 1 is 1.41 bits per heavy atom. The number of amides is 1. The second kappa shape index (κ2) is 10.3. The molecule has 0 saturated heterocycles. The summed E-state index contributed by atoms with van der Waals surface area (Å²) < 4.78 is 44.8. The molecule has 1 N–H and O–H groups in total. The van der Waals surface area contributed by atoms with Crippen molar-refractivity contribution in [2.45, 2.75) is 24.0 Å². The lowest BCUT2D eigenvalue weighted by Gasteiger charge is -2.13. The summed E-state index contributed by atoms with van der Waals surface area (Å²) in [6.45, 7) is 0.218. The van der Waals surface area contributed by atoms with Crippen LogP contribution in [0, 0.1) is 11.3 Å². The van der Waals surface area contributed by atoms with E-state index in [0.29, 0.717) is 11.3 Å². The predicted octanol–water partition coefficient (Wildman–Crippen LogP) is 3.86. The number of alkyl halides is 3. The minimum Gasteiger partial charge on any atom is -0.469 e. The molecule has 0 aliphatic heterocycles. The zero-order chi connectivity index (χ0) is 21.4. The second-order valence-electron chi connectivity index (χ2n) is 5.64. The summed E-state index contributed by atoms with van der Waals surface area (Å²) in [5, 5.41) is 13.4. The molecular weight excluding hydrogens is 427 g/mol. The maximum Gasteiger partial charge on any atom is 0.417 e. The number of thioether (sulfide) groups is 1. The summed E-state index contributed by atoms with van der Waals surface area (Å²) >= 11 is 1.98. The number of esters is 1. The summed E-state index contributed by atoms with van der Waals surface area (Å²) in [5.41, 5.74) is -1.60. The molecule has 11 heteroatoms. The Bertz CT molecular complexity index is 910. The van der Waals surface area contributed by atoms with Gasteiger partial charge in [0.1, 0.15) is 11.1 Å². The van der Waals surface area contributed by atoms with E-state index in [-0.39, 0.29) is 29.4 Å². The second-order valence-corrected chi connectivity index (χ2v) is 7.55. The molecule has 0 saturated carbocycles. The van der Waals surface area contributed by atoms with Crippen molar-refractivity contribution in [3.63, 3.8) is 0 Å². The Labute approximate surface area is 173 Å². The third-order valence-corrected chi connectivity index (χ3v) is 5.49. The molecule has 0 aromatic carbocycles. The SMILES string of the molecule is COC(=O)CCCNC(=O)CSc1nc(-c2cccs2)cc(C(F)(F)F)c1C#N. The highest BCUT2D eigenvalue weighted by atomic mass is 32.2. The number of aromatic nitrogens is 1. The third-order valence-electron chi connectivity index (χ3n) is 3.62. The average molecular weight is 443 g/mol. The molecule has 2 heterocycles. The lowest BCUT2D eigenvalue weighted by Crippen LogP contribution is -2.26. The molecule has 0 radical (unpaired) electrons. The Balaban J connectivity index is 2.14. The molecule has 0 bridgehead atoms. The Morgan fingerprint density at radius 3 is 2.76 bits per heavy atom. The molecular formula is C18H16F3N3O3S2. The monoisotopic (exact) mass is 443 g/mol. The molecule has 29 heavy (non-hydrogen) atoms. The van der Waals surface area contributed by atoms with Crippen molar-refractivity contribution in [1.29, 1.82) is 5.26 Å². The van der Waals surface area contributed by atoms with Crippen molar-refractivity contribution in [3.8, 4) is 16.6 Å². The van der Waals surface area contributed by atoms with E-state index < -0.39 is 29.2 Å². The van der Waals surface area contributed by atoms with E-state index in [1.165, 1.54) is 18.4 Å². The summed E-state index contributed by atoms with van der Waals surface area (Å²) in [6, 6.07) is 5.71. The number of pyridine rings is 1. The van der Waals surface area contributed by atoms with E-state index in [2.05, 4.69) is 15.0 Å². The maximum atomic E-state index is 13.4. The van der Waals surface area contributed by atoms with E-state index in [4.69, 9.17) is 0 Å². The minimum absolute atomic E-state index is 0.0901. The summed E-state index contributed by atoms with van der Waals surface area (Å²) in [5.74, 6) is -1.06. The number of ether oxygens (including phenoxy) is 1. The minimum atomic E-state index is -4.73. The summed E-state index contributed by atoms with van der Waals surface area (Å²) in [7, 11) is 1.26. The number of thiophene rings is 1. The number of nitrogens with zero attached hydrogens (tertiary/aromatic N) is 2. The molecule has 6 nitrogen and oxygen atoms in total. The summed E-state index contributed by atoms with van der Waals surface area (Å²) in [6.07, 6.45) is -4.22. The van der Waals surface area contributed by atoms with Crippen LogP contribution in [-0.2, 0) is 20.5 Å². The van der Waals surface area contributed by atoms with Gasteiger partial charge in [-0.2, -0.15) is 18.4 Å². The number of hydrogen-bond acceptors (Lipinski definition) is 7. The number of nitrogens with one attached hydrogen (secondary N) is 1. The smallest absolute Gasteiger partial charge is 0.417 e. The molecule has 2 aromatic heterocycles. The van der Waals surface area contributed by atoms with Crippen LogP contribution < -0.4 is 5.32 Å². The first-order valence-electron chi connectivity index (χ1n) is 8.28. The molecule has 0 spiro atoms. The lowest BCUT2D eigenvalue weighted by atomic mass is 10.1. The van der Waals surface area contributed by atoms with Gasteiger partial charge in [0.25, 0.3) is 0 Å². The van der Waals surface area contributed by atoms with Crippen LogP contribution >= 0.6 is 23.1 Å². The molecule has 0 unspecified atom stereocenters. The van der Waals surface area contributed by atoms with Crippen LogP contribution in [0.3, 0.4) is 0 Å². The fraction of sp³-hybridized carbons (Fsp3) is 0.333. The number of rotatable bonds is 8. The zero-order valence-corrected chi connectivity index (χ0v) is 16.8. The molecule has 154 valence electrons. The van der Waals surface area contributed by atoms with Gasteiger partial charge in [0, 0.05) is 13.0 Å². The Kier molecular flexibility index (Phi) is 8.04. The highest BCUT2D eigenvalue weighted by Gasteiger charge is 2.36. The Hall–Kier alpha value is -2.58. The fourth-order valence-corrected chi connectivity index (χ4v) is 3.77. The lowest BCUT2D eigenvalue weighted by molar-refractivity contribution is -0.141. The van der Waals surface area contributed by atoms with Gasteiger partial charge < -0.3 is 10.1 Å². The van der Waals surface area contributed by atoms with Gasteiger partial charge in [-0.15, -0.1) is 11.3 Å². The van der Waals surface area contributed by atoms with Crippen LogP contribution in [0.25, 0.3) is 10.6 Å². The van der Waals surface area contributed by atoms with Crippen LogP contribution in [0.2, 0.25) is 0 Å². The average Bonchev–Trinajstić information content (AvgIpc) is 3.22. The van der Waals surface area contributed by atoms with E-state index >= 15 is 0 Å². The predicted molar refractivity (Wildman–Crippen MR) is 102 cm³/mol. The molecule has 0 fully saturated rings. The van der Waals surface area contributed by atoms with Gasteiger partial charge in [0.05, 0.1) is 34.6 Å². The highest BCUT2D eigenvalue weighted by Crippen LogP contribution is 2.38. The van der Waals surface area contributed by atoms with Crippen LogP contribution in [-0.4, -0.2) is 36.3 Å². The molecule has 0 atom stereocenters. The van der Waals surface area contributed by atoms with Crippen LogP contribution in [0.15, 0.2) is 28.6 Å². The summed E-state index contributed by atoms with van der Waals surface area (Å²) in [4.78, 5) is 27.7. The van der Waals surface area contributed by atoms with Crippen LogP contribution in [0.5, 0.6) is 0 Å². The first-order chi connectivity index (χ1) is 13.8. The largest absolute Gasteiger partial charge is 0.469 e. The van der Waals surface area contributed by atoms with Crippen molar-refractivity contribution < 1.29 is 27.5 Å². The fourth-order valence-electron chi connectivity index (χ4n) is 2.26. The van der Waals surface area contributed by atoms with Crippen molar-refractivity contribution in [1.82, 2.24) is 10.3 Å². The van der Waals surface area contributed by atoms with Crippen LogP contribution in [0.1, 0.15) is 24.0 Å². The number of carbonyl (C=O) groups is 2.